The third-order valence-electron chi connectivity index (χ3n) is 5.17. The minimum Gasteiger partial charge on any atom is -0.268 e. The lowest BCUT2D eigenvalue weighted by Crippen LogP contribution is -2.31. The second-order valence-corrected chi connectivity index (χ2v) is 8.39. The normalized spacial score (nSPS) is 13.6. The molecule has 0 saturated heterocycles. The van der Waals surface area contributed by atoms with Crippen molar-refractivity contribution in [2.45, 2.75) is 19.6 Å². The fourth-order valence-corrected chi connectivity index (χ4v) is 4.68. The third-order valence-corrected chi connectivity index (χ3v) is 6.32. The molecule has 5 heteroatoms. The summed E-state index contributed by atoms with van der Waals surface area (Å²) in [6.07, 6.45) is 0. The SMILES string of the molecule is Cc1ccc(C2=C(SCc3ccccc3)C(=O)N(c3ccc(C#N)cc3)C2=O)c(C)c1. The molecule has 31 heavy (non-hydrogen) atoms. The molecular weight excluding hydrogens is 404 g/mol. The van der Waals surface area contributed by atoms with Crippen molar-refractivity contribution in [2.75, 3.05) is 4.90 Å². The Morgan fingerprint density at radius 1 is 0.903 bits per heavy atom. The van der Waals surface area contributed by atoms with Gasteiger partial charge in [-0.3, -0.25) is 9.59 Å². The van der Waals surface area contributed by atoms with E-state index in [1.54, 1.807) is 24.3 Å². The molecule has 0 saturated carbocycles. The number of carbonyl (C=O) groups is 2. The van der Waals surface area contributed by atoms with Crippen molar-refractivity contribution in [2.24, 2.45) is 0 Å². The van der Waals surface area contributed by atoms with Crippen LogP contribution in [0.5, 0.6) is 0 Å². The first kappa shape index (κ1) is 20.6. The van der Waals surface area contributed by atoms with Gasteiger partial charge in [0.2, 0.25) is 0 Å². The lowest BCUT2D eigenvalue weighted by Gasteiger charge is -2.15. The molecule has 1 aliphatic heterocycles. The number of carbonyl (C=O) groups excluding carboxylic acids is 2. The number of hydrogen-bond donors (Lipinski definition) is 0. The number of thioether (sulfide) groups is 1. The summed E-state index contributed by atoms with van der Waals surface area (Å²) < 4.78 is 0. The molecule has 0 atom stereocenters. The van der Waals surface area contributed by atoms with E-state index in [2.05, 4.69) is 6.07 Å². The fourth-order valence-electron chi connectivity index (χ4n) is 3.62. The van der Waals surface area contributed by atoms with Crippen LogP contribution in [0.15, 0.2) is 77.7 Å². The number of nitriles is 1. The van der Waals surface area contributed by atoms with Gasteiger partial charge in [0.25, 0.3) is 11.8 Å². The second kappa shape index (κ2) is 8.63. The van der Waals surface area contributed by atoms with Gasteiger partial charge >= 0.3 is 0 Å². The lowest BCUT2D eigenvalue weighted by atomic mass is 9.98. The van der Waals surface area contributed by atoms with Gasteiger partial charge in [-0.15, -0.1) is 11.8 Å². The second-order valence-electron chi connectivity index (χ2n) is 7.40. The molecule has 4 rings (SSSR count). The molecule has 0 bridgehead atoms. The highest BCUT2D eigenvalue weighted by Crippen LogP contribution is 2.40. The topological polar surface area (TPSA) is 61.2 Å². The molecule has 4 nitrogen and oxygen atoms in total. The minimum atomic E-state index is -0.336. The van der Waals surface area contributed by atoms with Crippen LogP contribution >= 0.6 is 11.8 Å². The van der Waals surface area contributed by atoms with Gasteiger partial charge in [0.1, 0.15) is 0 Å². The zero-order valence-electron chi connectivity index (χ0n) is 17.3. The van der Waals surface area contributed by atoms with Crippen molar-refractivity contribution in [3.63, 3.8) is 0 Å². The van der Waals surface area contributed by atoms with E-state index in [0.29, 0.717) is 27.5 Å². The van der Waals surface area contributed by atoms with Crippen molar-refractivity contribution in [3.05, 3.63) is 106 Å². The lowest BCUT2D eigenvalue weighted by molar-refractivity contribution is -0.119. The first-order valence-electron chi connectivity index (χ1n) is 9.87. The average Bonchev–Trinajstić information content (AvgIpc) is 3.02. The van der Waals surface area contributed by atoms with Gasteiger partial charge in [-0.05, 0) is 54.8 Å². The van der Waals surface area contributed by atoms with Crippen molar-refractivity contribution < 1.29 is 9.59 Å². The summed E-state index contributed by atoms with van der Waals surface area (Å²) in [6.45, 7) is 3.96. The van der Waals surface area contributed by atoms with Crippen molar-refractivity contribution in [3.8, 4) is 6.07 Å². The van der Waals surface area contributed by atoms with Gasteiger partial charge in [0, 0.05) is 5.75 Å². The molecule has 0 aliphatic carbocycles. The zero-order valence-corrected chi connectivity index (χ0v) is 18.1. The van der Waals surface area contributed by atoms with Crippen LogP contribution in [0, 0.1) is 25.2 Å². The maximum atomic E-state index is 13.5. The van der Waals surface area contributed by atoms with E-state index in [1.165, 1.54) is 16.7 Å². The quantitative estimate of drug-likeness (QED) is 0.515. The van der Waals surface area contributed by atoms with E-state index in [-0.39, 0.29) is 11.8 Å². The van der Waals surface area contributed by atoms with Crippen molar-refractivity contribution in [1.29, 1.82) is 5.26 Å². The number of amides is 2. The van der Waals surface area contributed by atoms with Crippen LogP contribution in [0.1, 0.15) is 27.8 Å². The van der Waals surface area contributed by atoms with E-state index in [0.717, 1.165) is 22.3 Å². The Morgan fingerprint density at radius 2 is 1.61 bits per heavy atom. The molecule has 3 aromatic rings. The first-order valence-corrected chi connectivity index (χ1v) is 10.9. The molecular formula is C26H20N2O2S. The maximum absolute atomic E-state index is 13.5. The molecule has 152 valence electrons. The molecule has 0 unspecified atom stereocenters. The molecule has 0 spiro atoms. The predicted octanol–water partition coefficient (Wildman–Crippen LogP) is 5.39. The summed E-state index contributed by atoms with van der Waals surface area (Å²) in [4.78, 5) is 28.6. The Balaban J connectivity index is 1.77. The molecule has 0 fully saturated rings. The number of rotatable bonds is 5. The molecule has 2 amide bonds. The zero-order chi connectivity index (χ0) is 22.0. The summed E-state index contributed by atoms with van der Waals surface area (Å²) in [5, 5.41) is 9.05. The van der Waals surface area contributed by atoms with Crippen LogP contribution in [-0.4, -0.2) is 11.8 Å². The molecule has 0 radical (unpaired) electrons. The Labute approximate surface area is 185 Å². The smallest absolute Gasteiger partial charge is 0.268 e. The van der Waals surface area contributed by atoms with Crippen molar-refractivity contribution >= 4 is 34.8 Å². The van der Waals surface area contributed by atoms with E-state index < -0.39 is 0 Å². The van der Waals surface area contributed by atoms with E-state index in [1.807, 2.05) is 62.4 Å². The standard InChI is InChI=1S/C26H20N2O2S/c1-17-8-13-22(18(2)14-17)23-24(31-16-20-6-4-3-5-7-20)26(30)28(25(23)29)21-11-9-19(15-27)10-12-21/h3-14H,16H2,1-2H3. The molecule has 1 heterocycles. The molecule has 1 aliphatic rings. The molecule has 3 aromatic carbocycles. The fraction of sp³-hybridized carbons (Fsp3) is 0.115. The van der Waals surface area contributed by atoms with Crippen molar-refractivity contribution in [1.82, 2.24) is 0 Å². The predicted molar refractivity (Wildman–Crippen MR) is 124 cm³/mol. The summed E-state index contributed by atoms with van der Waals surface area (Å²) in [6, 6.07) is 24.3. The van der Waals surface area contributed by atoms with Gasteiger partial charge in [0.15, 0.2) is 0 Å². The number of hydrogen-bond acceptors (Lipinski definition) is 4. The molecule has 0 aromatic heterocycles. The van der Waals surface area contributed by atoms with E-state index >= 15 is 0 Å². The van der Waals surface area contributed by atoms with E-state index in [4.69, 9.17) is 5.26 Å². The van der Waals surface area contributed by atoms with Gasteiger partial charge in [-0.25, -0.2) is 4.90 Å². The number of aryl methyl sites for hydroxylation is 2. The van der Waals surface area contributed by atoms with Crippen LogP contribution in [0.4, 0.5) is 5.69 Å². The highest BCUT2D eigenvalue weighted by Gasteiger charge is 2.40. The summed E-state index contributed by atoms with van der Waals surface area (Å²) >= 11 is 1.39. The highest BCUT2D eigenvalue weighted by atomic mass is 32.2. The maximum Gasteiger partial charge on any atom is 0.272 e. The Morgan fingerprint density at radius 3 is 2.26 bits per heavy atom. The molecule has 0 N–H and O–H groups in total. The first-order chi connectivity index (χ1) is 15.0. The van der Waals surface area contributed by atoms with Crippen LogP contribution in [0.3, 0.4) is 0 Å². The Hall–Kier alpha value is -3.62. The van der Waals surface area contributed by atoms with Crippen LogP contribution < -0.4 is 4.90 Å². The monoisotopic (exact) mass is 424 g/mol. The Bertz CT molecular complexity index is 1240. The van der Waals surface area contributed by atoms with E-state index in [9.17, 15) is 9.59 Å². The van der Waals surface area contributed by atoms with Gasteiger partial charge in [0.05, 0.1) is 27.8 Å². The van der Waals surface area contributed by atoms with Gasteiger partial charge in [-0.2, -0.15) is 5.26 Å². The number of imide groups is 1. The van der Waals surface area contributed by atoms with Crippen LogP contribution in [0.25, 0.3) is 5.57 Å². The van der Waals surface area contributed by atoms with Gasteiger partial charge < -0.3 is 0 Å². The number of nitrogens with zero attached hydrogens (tertiary/aromatic N) is 2. The summed E-state index contributed by atoms with van der Waals surface area (Å²) in [5.74, 6) is -0.0759. The van der Waals surface area contributed by atoms with Crippen LogP contribution in [-0.2, 0) is 15.3 Å². The summed E-state index contributed by atoms with van der Waals surface area (Å²) in [5.41, 5.74) is 5.29. The summed E-state index contributed by atoms with van der Waals surface area (Å²) in [7, 11) is 0. The third kappa shape index (κ3) is 4.03. The highest BCUT2D eigenvalue weighted by molar-refractivity contribution is 8.03. The minimum absolute atomic E-state index is 0.328. The number of anilines is 1. The van der Waals surface area contributed by atoms with Gasteiger partial charge in [-0.1, -0.05) is 54.1 Å². The largest absolute Gasteiger partial charge is 0.272 e. The number of benzene rings is 3. The Kier molecular flexibility index (Phi) is 5.75. The average molecular weight is 425 g/mol. The van der Waals surface area contributed by atoms with Crippen LogP contribution in [0.2, 0.25) is 0 Å².